The van der Waals surface area contributed by atoms with Crippen LogP contribution >= 0.6 is 0 Å². The SMILES string of the molecule is CCCCCC/C=C\CCCCCCCC(=O)OC[C@H](COC(=O)CCCCCCCCCCCCCCCCC)OC(=O)CCCCCCCCCCCCCCCC. The molecular formula is C54H102O6. The molecular weight excluding hydrogens is 745 g/mol. The lowest BCUT2D eigenvalue weighted by molar-refractivity contribution is -0.167. The van der Waals surface area contributed by atoms with Gasteiger partial charge < -0.3 is 14.2 Å². The zero-order chi connectivity index (χ0) is 43.7. The Morgan fingerprint density at radius 1 is 0.317 bits per heavy atom. The highest BCUT2D eigenvalue weighted by Gasteiger charge is 2.19. The summed E-state index contributed by atoms with van der Waals surface area (Å²) in [5, 5.41) is 0. The van der Waals surface area contributed by atoms with Gasteiger partial charge in [-0.2, -0.15) is 0 Å². The maximum Gasteiger partial charge on any atom is 0.306 e. The second-order valence-electron chi connectivity index (χ2n) is 18.2. The summed E-state index contributed by atoms with van der Waals surface area (Å²) >= 11 is 0. The van der Waals surface area contributed by atoms with Crippen molar-refractivity contribution in [3.63, 3.8) is 0 Å². The molecule has 0 amide bonds. The van der Waals surface area contributed by atoms with Gasteiger partial charge in [-0.15, -0.1) is 0 Å². The topological polar surface area (TPSA) is 78.9 Å². The number of carbonyl (C=O) groups excluding carboxylic acids is 3. The molecule has 0 N–H and O–H groups in total. The number of carbonyl (C=O) groups is 3. The van der Waals surface area contributed by atoms with Crippen LogP contribution in [0.5, 0.6) is 0 Å². The predicted molar refractivity (Wildman–Crippen MR) is 256 cm³/mol. The van der Waals surface area contributed by atoms with Gasteiger partial charge in [-0.1, -0.05) is 245 Å². The molecule has 354 valence electrons. The van der Waals surface area contributed by atoms with E-state index in [4.69, 9.17) is 14.2 Å². The first-order chi connectivity index (χ1) is 29.5. The van der Waals surface area contributed by atoms with Crippen LogP contribution in [-0.2, 0) is 28.6 Å². The van der Waals surface area contributed by atoms with E-state index in [2.05, 4.69) is 32.9 Å². The van der Waals surface area contributed by atoms with E-state index in [1.165, 1.54) is 193 Å². The molecule has 0 aromatic carbocycles. The van der Waals surface area contributed by atoms with Gasteiger partial charge >= 0.3 is 17.9 Å². The van der Waals surface area contributed by atoms with E-state index in [1.54, 1.807) is 0 Å². The van der Waals surface area contributed by atoms with Crippen LogP contribution in [0.25, 0.3) is 0 Å². The summed E-state index contributed by atoms with van der Waals surface area (Å²) in [4.78, 5) is 38.0. The number of rotatable bonds is 49. The average molecular weight is 847 g/mol. The van der Waals surface area contributed by atoms with E-state index in [9.17, 15) is 14.4 Å². The molecule has 0 unspecified atom stereocenters. The molecule has 0 aliphatic heterocycles. The molecule has 0 aliphatic carbocycles. The van der Waals surface area contributed by atoms with Gasteiger partial charge in [0.15, 0.2) is 6.10 Å². The monoisotopic (exact) mass is 847 g/mol. The molecule has 0 saturated carbocycles. The first-order valence-corrected chi connectivity index (χ1v) is 26.7. The molecule has 0 spiro atoms. The highest BCUT2D eigenvalue weighted by Crippen LogP contribution is 2.16. The van der Waals surface area contributed by atoms with Crippen LogP contribution in [0.1, 0.15) is 297 Å². The number of ether oxygens (including phenoxy) is 3. The fourth-order valence-electron chi connectivity index (χ4n) is 7.97. The first kappa shape index (κ1) is 58.1. The van der Waals surface area contributed by atoms with Gasteiger partial charge in [0.05, 0.1) is 0 Å². The molecule has 0 bridgehead atoms. The average Bonchev–Trinajstić information content (AvgIpc) is 3.24. The Balaban J connectivity index is 4.33. The largest absolute Gasteiger partial charge is 0.462 e. The van der Waals surface area contributed by atoms with Crippen LogP contribution in [0, 0.1) is 0 Å². The molecule has 0 saturated heterocycles. The van der Waals surface area contributed by atoms with Crippen molar-refractivity contribution in [2.45, 2.75) is 303 Å². The van der Waals surface area contributed by atoms with Gasteiger partial charge in [-0.05, 0) is 44.9 Å². The van der Waals surface area contributed by atoms with E-state index >= 15 is 0 Å². The lowest BCUT2D eigenvalue weighted by Crippen LogP contribution is -2.30. The summed E-state index contributed by atoms with van der Waals surface area (Å²) < 4.78 is 16.8. The van der Waals surface area contributed by atoms with Gasteiger partial charge in [0.25, 0.3) is 0 Å². The minimum absolute atomic E-state index is 0.0669. The van der Waals surface area contributed by atoms with Crippen LogP contribution in [0.15, 0.2) is 12.2 Å². The van der Waals surface area contributed by atoms with Crippen LogP contribution in [0.4, 0.5) is 0 Å². The molecule has 0 heterocycles. The van der Waals surface area contributed by atoms with Gasteiger partial charge in [0.2, 0.25) is 0 Å². The van der Waals surface area contributed by atoms with Crippen molar-refractivity contribution < 1.29 is 28.6 Å². The standard InChI is InChI=1S/C54H102O6/c1-4-7-10-13-16-19-22-25-27-30-32-35-38-41-44-47-53(56)59-50-51(49-58-52(55)46-43-40-37-34-31-28-24-21-18-15-12-9-6-3)60-54(57)48-45-42-39-36-33-29-26-23-20-17-14-11-8-5-2/h21,24,51H,4-20,22-23,25-50H2,1-3H3/b24-21-/t51-/m1/s1. The highest BCUT2D eigenvalue weighted by atomic mass is 16.6. The molecule has 6 heteroatoms. The molecule has 0 aromatic heterocycles. The normalized spacial score (nSPS) is 12.0. The zero-order valence-corrected chi connectivity index (χ0v) is 40.5. The summed E-state index contributed by atoms with van der Waals surface area (Å²) in [6.45, 7) is 6.66. The lowest BCUT2D eigenvalue weighted by atomic mass is 10.0. The smallest absolute Gasteiger partial charge is 0.306 e. The van der Waals surface area contributed by atoms with Crippen molar-refractivity contribution in [2.75, 3.05) is 13.2 Å². The maximum atomic E-state index is 12.8. The Labute approximate surface area is 373 Å². The first-order valence-electron chi connectivity index (χ1n) is 26.7. The third kappa shape index (κ3) is 47.2. The van der Waals surface area contributed by atoms with Crippen LogP contribution in [0.3, 0.4) is 0 Å². The Morgan fingerprint density at radius 3 is 0.850 bits per heavy atom. The minimum atomic E-state index is -0.766. The third-order valence-electron chi connectivity index (χ3n) is 12.0. The summed E-state index contributed by atoms with van der Waals surface area (Å²) in [5.74, 6) is -0.857. The van der Waals surface area contributed by atoms with Crippen molar-refractivity contribution in [3.05, 3.63) is 12.2 Å². The Hall–Kier alpha value is -1.85. The molecule has 0 rings (SSSR count). The summed E-state index contributed by atoms with van der Waals surface area (Å²) in [6.07, 6.45) is 54.7. The lowest BCUT2D eigenvalue weighted by Gasteiger charge is -2.18. The highest BCUT2D eigenvalue weighted by molar-refractivity contribution is 5.71. The van der Waals surface area contributed by atoms with E-state index in [1.807, 2.05) is 0 Å². The van der Waals surface area contributed by atoms with Gasteiger partial charge in [-0.25, -0.2) is 0 Å². The van der Waals surface area contributed by atoms with E-state index < -0.39 is 6.10 Å². The molecule has 1 atom stereocenters. The van der Waals surface area contributed by atoms with Crippen LogP contribution in [0.2, 0.25) is 0 Å². The zero-order valence-electron chi connectivity index (χ0n) is 40.5. The fraction of sp³-hybridized carbons (Fsp3) is 0.907. The van der Waals surface area contributed by atoms with Crippen LogP contribution in [-0.4, -0.2) is 37.2 Å². The molecule has 60 heavy (non-hydrogen) atoms. The van der Waals surface area contributed by atoms with Crippen molar-refractivity contribution >= 4 is 17.9 Å². The fourth-order valence-corrected chi connectivity index (χ4v) is 7.97. The van der Waals surface area contributed by atoms with Gasteiger partial charge in [0.1, 0.15) is 13.2 Å². The van der Waals surface area contributed by atoms with Crippen LogP contribution < -0.4 is 0 Å². The van der Waals surface area contributed by atoms with Crippen molar-refractivity contribution in [3.8, 4) is 0 Å². The Morgan fingerprint density at radius 2 is 0.550 bits per heavy atom. The second-order valence-corrected chi connectivity index (χ2v) is 18.2. The van der Waals surface area contributed by atoms with E-state index in [-0.39, 0.29) is 31.1 Å². The van der Waals surface area contributed by atoms with Crippen molar-refractivity contribution in [1.82, 2.24) is 0 Å². The Bertz CT molecular complexity index is 931. The van der Waals surface area contributed by atoms with Gasteiger partial charge in [0, 0.05) is 19.3 Å². The van der Waals surface area contributed by atoms with Crippen molar-refractivity contribution in [1.29, 1.82) is 0 Å². The van der Waals surface area contributed by atoms with Crippen molar-refractivity contribution in [2.24, 2.45) is 0 Å². The number of unbranched alkanes of at least 4 members (excludes halogenated alkanes) is 36. The minimum Gasteiger partial charge on any atom is -0.462 e. The number of hydrogen-bond donors (Lipinski definition) is 0. The number of allylic oxidation sites excluding steroid dienone is 2. The third-order valence-corrected chi connectivity index (χ3v) is 12.0. The molecule has 0 radical (unpaired) electrons. The summed E-state index contributed by atoms with van der Waals surface area (Å²) in [5.41, 5.74) is 0. The van der Waals surface area contributed by atoms with E-state index in [0.29, 0.717) is 19.3 Å². The Kier molecular flexibility index (Phi) is 48.3. The summed E-state index contributed by atoms with van der Waals surface area (Å²) in [7, 11) is 0. The van der Waals surface area contributed by atoms with Gasteiger partial charge in [-0.3, -0.25) is 14.4 Å². The molecule has 0 aromatic rings. The maximum absolute atomic E-state index is 12.8. The predicted octanol–water partition coefficient (Wildman–Crippen LogP) is 17.4. The van der Waals surface area contributed by atoms with E-state index in [0.717, 1.165) is 64.2 Å². The number of esters is 3. The quantitative estimate of drug-likeness (QED) is 0.0263. The second kappa shape index (κ2) is 49.8. The molecule has 6 nitrogen and oxygen atoms in total. The summed E-state index contributed by atoms with van der Waals surface area (Å²) in [6, 6.07) is 0. The number of hydrogen-bond acceptors (Lipinski definition) is 6. The molecule has 0 fully saturated rings. The molecule has 0 aliphatic rings.